The Labute approximate surface area is 161 Å². The van der Waals surface area contributed by atoms with Gasteiger partial charge in [-0.1, -0.05) is 32.9 Å². The molecule has 0 saturated carbocycles. The van der Waals surface area contributed by atoms with Crippen molar-refractivity contribution in [3.05, 3.63) is 59.7 Å². The third kappa shape index (κ3) is 5.58. The number of hydrogen-bond acceptors (Lipinski definition) is 3. The minimum Gasteiger partial charge on any atom is -0.497 e. The highest BCUT2D eigenvalue weighted by atomic mass is 16.5. The molecule has 5 heteroatoms. The normalized spacial score (nSPS) is 11.0. The van der Waals surface area contributed by atoms with Gasteiger partial charge in [0.15, 0.2) is 0 Å². The molecule has 0 aromatic heterocycles. The molecule has 0 aliphatic heterocycles. The van der Waals surface area contributed by atoms with Gasteiger partial charge in [-0.2, -0.15) is 0 Å². The van der Waals surface area contributed by atoms with Crippen LogP contribution in [0.4, 0.5) is 5.69 Å². The van der Waals surface area contributed by atoms with Crippen molar-refractivity contribution in [3.8, 4) is 5.75 Å². The largest absolute Gasteiger partial charge is 0.497 e. The van der Waals surface area contributed by atoms with Crippen molar-refractivity contribution in [1.82, 2.24) is 5.32 Å². The predicted molar refractivity (Wildman–Crippen MR) is 108 cm³/mol. The molecule has 0 aliphatic rings. The zero-order chi connectivity index (χ0) is 20.0. The zero-order valence-electron chi connectivity index (χ0n) is 16.7. The van der Waals surface area contributed by atoms with Crippen molar-refractivity contribution >= 4 is 17.5 Å². The summed E-state index contributed by atoms with van der Waals surface area (Å²) < 4.78 is 5.09. The SMILES string of the molecule is COc1ccc(C(=O)NCCN(C(C)=O)c2ccc(C(C)(C)C)cc2)cc1. The molecule has 0 unspecified atom stereocenters. The van der Waals surface area contributed by atoms with E-state index < -0.39 is 0 Å². The summed E-state index contributed by atoms with van der Waals surface area (Å²) in [6.07, 6.45) is 0. The summed E-state index contributed by atoms with van der Waals surface area (Å²) in [7, 11) is 1.58. The van der Waals surface area contributed by atoms with Crippen molar-refractivity contribution in [2.75, 3.05) is 25.1 Å². The minimum atomic E-state index is -0.177. The molecule has 144 valence electrons. The van der Waals surface area contributed by atoms with Crippen LogP contribution in [0, 0.1) is 0 Å². The number of nitrogens with zero attached hydrogens (tertiary/aromatic N) is 1. The molecule has 0 atom stereocenters. The van der Waals surface area contributed by atoms with Crippen LogP contribution in [-0.2, 0) is 10.2 Å². The van der Waals surface area contributed by atoms with Crippen LogP contribution >= 0.6 is 0 Å². The monoisotopic (exact) mass is 368 g/mol. The average Bonchev–Trinajstić information content (AvgIpc) is 2.64. The van der Waals surface area contributed by atoms with Crippen LogP contribution in [0.25, 0.3) is 0 Å². The average molecular weight is 368 g/mol. The molecule has 27 heavy (non-hydrogen) atoms. The fourth-order valence-electron chi connectivity index (χ4n) is 2.74. The van der Waals surface area contributed by atoms with E-state index in [0.29, 0.717) is 24.4 Å². The Morgan fingerprint density at radius 3 is 2.07 bits per heavy atom. The van der Waals surface area contributed by atoms with Gasteiger partial charge >= 0.3 is 0 Å². The molecule has 5 nitrogen and oxygen atoms in total. The molecule has 0 bridgehead atoms. The van der Waals surface area contributed by atoms with Crippen molar-refractivity contribution in [3.63, 3.8) is 0 Å². The number of ether oxygens (including phenoxy) is 1. The highest BCUT2D eigenvalue weighted by Crippen LogP contribution is 2.25. The van der Waals surface area contributed by atoms with Gasteiger partial charge in [-0.15, -0.1) is 0 Å². The van der Waals surface area contributed by atoms with Crippen molar-refractivity contribution < 1.29 is 14.3 Å². The number of rotatable bonds is 6. The van der Waals surface area contributed by atoms with Gasteiger partial charge in [-0.3, -0.25) is 9.59 Å². The van der Waals surface area contributed by atoms with E-state index in [1.165, 1.54) is 12.5 Å². The second-order valence-corrected chi connectivity index (χ2v) is 7.45. The maximum Gasteiger partial charge on any atom is 0.251 e. The molecule has 2 aromatic rings. The van der Waals surface area contributed by atoms with Gasteiger partial charge in [0.1, 0.15) is 5.75 Å². The standard InChI is InChI=1S/C22H28N2O3/c1-16(25)24(19-10-8-18(9-11-19)22(2,3)4)15-14-23-21(26)17-6-12-20(27-5)13-7-17/h6-13H,14-15H2,1-5H3,(H,23,26). The van der Waals surface area contributed by atoms with Crippen LogP contribution < -0.4 is 15.0 Å². The van der Waals surface area contributed by atoms with E-state index in [-0.39, 0.29) is 17.2 Å². The van der Waals surface area contributed by atoms with Crippen molar-refractivity contribution in [2.45, 2.75) is 33.1 Å². The van der Waals surface area contributed by atoms with E-state index in [0.717, 1.165) is 5.69 Å². The smallest absolute Gasteiger partial charge is 0.251 e. The first-order chi connectivity index (χ1) is 12.7. The quantitative estimate of drug-likeness (QED) is 0.844. The van der Waals surface area contributed by atoms with Crippen molar-refractivity contribution in [1.29, 1.82) is 0 Å². The molecule has 2 aromatic carbocycles. The fraction of sp³-hybridized carbons (Fsp3) is 0.364. The number of methoxy groups -OCH3 is 1. The number of amides is 2. The summed E-state index contributed by atoms with van der Waals surface area (Å²) in [6, 6.07) is 14.9. The molecular formula is C22H28N2O3. The lowest BCUT2D eigenvalue weighted by molar-refractivity contribution is -0.116. The summed E-state index contributed by atoms with van der Waals surface area (Å²) in [5.74, 6) is 0.467. The van der Waals surface area contributed by atoms with Gasteiger partial charge in [0.05, 0.1) is 7.11 Å². The van der Waals surface area contributed by atoms with E-state index in [2.05, 4.69) is 26.1 Å². The number of hydrogen-bond donors (Lipinski definition) is 1. The number of nitrogens with one attached hydrogen (secondary N) is 1. The van der Waals surface area contributed by atoms with Crippen LogP contribution in [0.1, 0.15) is 43.6 Å². The first kappa shape index (κ1) is 20.5. The Morgan fingerprint density at radius 2 is 1.59 bits per heavy atom. The predicted octanol–water partition coefficient (Wildman–Crippen LogP) is 3.78. The van der Waals surface area contributed by atoms with E-state index in [1.807, 2.05) is 24.3 Å². The third-order valence-corrected chi connectivity index (χ3v) is 4.40. The lowest BCUT2D eigenvalue weighted by Gasteiger charge is -2.24. The molecular weight excluding hydrogens is 340 g/mol. The number of anilines is 1. The summed E-state index contributed by atoms with van der Waals surface area (Å²) in [5, 5.41) is 2.85. The zero-order valence-corrected chi connectivity index (χ0v) is 16.7. The van der Waals surface area contributed by atoms with Gasteiger partial charge in [-0.25, -0.2) is 0 Å². The number of carbonyl (C=O) groups excluding carboxylic acids is 2. The van der Waals surface area contributed by atoms with Crippen LogP contribution in [0.5, 0.6) is 5.75 Å². The number of carbonyl (C=O) groups is 2. The van der Waals surface area contributed by atoms with Crippen molar-refractivity contribution in [2.24, 2.45) is 0 Å². The maximum atomic E-state index is 12.2. The van der Waals surface area contributed by atoms with Gasteiger partial charge in [0.25, 0.3) is 5.91 Å². The summed E-state index contributed by atoms with van der Waals surface area (Å²) in [4.78, 5) is 25.9. The molecule has 0 fully saturated rings. The molecule has 0 saturated heterocycles. The fourth-order valence-corrected chi connectivity index (χ4v) is 2.74. The highest BCUT2D eigenvalue weighted by molar-refractivity contribution is 5.94. The van der Waals surface area contributed by atoms with Gasteiger partial charge in [-0.05, 0) is 47.4 Å². The van der Waals surface area contributed by atoms with Crippen LogP contribution in [0.3, 0.4) is 0 Å². The third-order valence-electron chi connectivity index (χ3n) is 4.40. The second kappa shape index (κ2) is 8.71. The Kier molecular flexibility index (Phi) is 6.61. The summed E-state index contributed by atoms with van der Waals surface area (Å²) in [6.45, 7) is 8.76. The highest BCUT2D eigenvalue weighted by Gasteiger charge is 2.16. The Morgan fingerprint density at radius 1 is 1.00 bits per heavy atom. The lowest BCUT2D eigenvalue weighted by atomic mass is 9.87. The topological polar surface area (TPSA) is 58.6 Å². The molecule has 0 heterocycles. The first-order valence-corrected chi connectivity index (χ1v) is 9.03. The van der Waals surface area contributed by atoms with Gasteiger partial charge in [0.2, 0.25) is 5.91 Å². The molecule has 2 rings (SSSR count). The van der Waals surface area contributed by atoms with E-state index in [9.17, 15) is 9.59 Å². The van der Waals surface area contributed by atoms with E-state index >= 15 is 0 Å². The summed E-state index contributed by atoms with van der Waals surface area (Å²) in [5.41, 5.74) is 2.66. The Hall–Kier alpha value is -2.82. The molecule has 1 N–H and O–H groups in total. The molecule has 0 spiro atoms. The Balaban J connectivity index is 1.98. The van der Waals surface area contributed by atoms with Crippen LogP contribution in [0.15, 0.2) is 48.5 Å². The van der Waals surface area contributed by atoms with Crippen LogP contribution in [-0.4, -0.2) is 32.0 Å². The Bertz CT molecular complexity index is 775. The summed E-state index contributed by atoms with van der Waals surface area (Å²) >= 11 is 0. The van der Waals surface area contributed by atoms with Gasteiger partial charge < -0.3 is 15.0 Å². The maximum absolute atomic E-state index is 12.2. The second-order valence-electron chi connectivity index (χ2n) is 7.45. The molecule has 0 aliphatic carbocycles. The molecule has 0 radical (unpaired) electrons. The lowest BCUT2D eigenvalue weighted by Crippen LogP contribution is -2.37. The first-order valence-electron chi connectivity index (χ1n) is 9.03. The number of benzene rings is 2. The molecule has 2 amide bonds. The van der Waals surface area contributed by atoms with E-state index in [1.54, 1.807) is 36.3 Å². The van der Waals surface area contributed by atoms with Crippen LogP contribution in [0.2, 0.25) is 0 Å². The van der Waals surface area contributed by atoms with E-state index in [4.69, 9.17) is 4.74 Å². The van der Waals surface area contributed by atoms with Gasteiger partial charge in [0, 0.05) is 31.3 Å². The minimum absolute atomic E-state index is 0.0581.